The molecule has 0 aliphatic heterocycles. The largest absolute Gasteiger partial charge is 0.331 e. The van der Waals surface area contributed by atoms with Gasteiger partial charge in [-0.3, -0.25) is 0 Å². The summed E-state index contributed by atoms with van der Waals surface area (Å²) in [5.74, 6) is 1.60. The van der Waals surface area contributed by atoms with Crippen LogP contribution in [0.2, 0.25) is 0 Å². The molecule has 1 heterocycles. The second-order valence-electron chi connectivity index (χ2n) is 4.08. The van der Waals surface area contributed by atoms with Crippen molar-refractivity contribution in [1.29, 1.82) is 0 Å². The number of benzene rings is 1. The van der Waals surface area contributed by atoms with E-state index in [4.69, 9.17) is 0 Å². The monoisotopic (exact) mass is 200 g/mol. The molecule has 2 heteroatoms. The van der Waals surface area contributed by atoms with Crippen molar-refractivity contribution >= 4 is 0 Å². The van der Waals surface area contributed by atoms with Crippen LogP contribution >= 0.6 is 0 Å². The average Bonchev–Trinajstić information content (AvgIpc) is 2.61. The van der Waals surface area contributed by atoms with Crippen molar-refractivity contribution in [3.8, 4) is 11.3 Å². The Kier molecular flexibility index (Phi) is 2.58. The third kappa shape index (κ3) is 1.80. The van der Waals surface area contributed by atoms with Crippen molar-refractivity contribution in [2.75, 3.05) is 0 Å². The first-order valence-corrected chi connectivity index (χ1v) is 5.27. The molecule has 0 saturated heterocycles. The number of nitrogens with zero attached hydrogens (tertiary/aromatic N) is 2. The molecule has 0 aliphatic carbocycles. The smallest absolute Gasteiger partial charge is 0.111 e. The Hall–Kier alpha value is -1.57. The standard InChI is InChI=1S/C13H16N2/c1-10(2)13-14-9-12(15(13)3)11-7-5-4-6-8-11/h4-10H,1-3H3. The van der Waals surface area contributed by atoms with Gasteiger partial charge in [-0.15, -0.1) is 0 Å². The minimum atomic E-state index is 0.465. The van der Waals surface area contributed by atoms with Gasteiger partial charge in [0.25, 0.3) is 0 Å². The van der Waals surface area contributed by atoms with Gasteiger partial charge >= 0.3 is 0 Å². The van der Waals surface area contributed by atoms with Gasteiger partial charge in [0.05, 0.1) is 11.9 Å². The van der Waals surface area contributed by atoms with Crippen LogP contribution in [0.4, 0.5) is 0 Å². The van der Waals surface area contributed by atoms with E-state index in [2.05, 4.69) is 54.7 Å². The Morgan fingerprint density at radius 3 is 2.33 bits per heavy atom. The molecule has 1 aromatic carbocycles. The summed E-state index contributed by atoms with van der Waals surface area (Å²) in [6.07, 6.45) is 1.95. The average molecular weight is 200 g/mol. The fourth-order valence-electron chi connectivity index (χ4n) is 1.84. The molecule has 2 aromatic rings. The zero-order valence-corrected chi connectivity index (χ0v) is 9.44. The lowest BCUT2D eigenvalue weighted by molar-refractivity contribution is 0.714. The summed E-state index contributed by atoms with van der Waals surface area (Å²) >= 11 is 0. The molecule has 1 aromatic heterocycles. The maximum Gasteiger partial charge on any atom is 0.111 e. The molecule has 0 spiro atoms. The summed E-state index contributed by atoms with van der Waals surface area (Å²) in [6, 6.07) is 10.4. The van der Waals surface area contributed by atoms with Crippen molar-refractivity contribution in [1.82, 2.24) is 9.55 Å². The minimum Gasteiger partial charge on any atom is -0.331 e. The van der Waals surface area contributed by atoms with Gasteiger partial charge < -0.3 is 4.57 Å². The van der Waals surface area contributed by atoms with Crippen LogP contribution in [0, 0.1) is 0 Å². The lowest BCUT2D eigenvalue weighted by Crippen LogP contribution is -2.01. The van der Waals surface area contributed by atoms with Gasteiger partial charge in [0.1, 0.15) is 5.82 Å². The van der Waals surface area contributed by atoms with Crippen molar-refractivity contribution in [2.45, 2.75) is 19.8 Å². The topological polar surface area (TPSA) is 17.8 Å². The van der Waals surface area contributed by atoms with Gasteiger partial charge in [-0.2, -0.15) is 0 Å². The molecule has 2 nitrogen and oxygen atoms in total. The summed E-state index contributed by atoms with van der Waals surface area (Å²) in [5.41, 5.74) is 2.40. The fourth-order valence-corrected chi connectivity index (χ4v) is 1.84. The Balaban J connectivity index is 2.47. The SMILES string of the molecule is CC(C)c1ncc(-c2ccccc2)n1C. The van der Waals surface area contributed by atoms with E-state index < -0.39 is 0 Å². The van der Waals surface area contributed by atoms with Crippen molar-refractivity contribution in [3.05, 3.63) is 42.4 Å². The van der Waals surface area contributed by atoms with Crippen LogP contribution in [0.15, 0.2) is 36.5 Å². The lowest BCUT2D eigenvalue weighted by Gasteiger charge is -2.08. The number of hydrogen-bond acceptors (Lipinski definition) is 1. The second-order valence-corrected chi connectivity index (χ2v) is 4.08. The van der Waals surface area contributed by atoms with Crippen LogP contribution in [0.5, 0.6) is 0 Å². The molecule has 0 amide bonds. The summed E-state index contributed by atoms with van der Waals surface area (Å²) in [6.45, 7) is 4.33. The molecule has 0 bridgehead atoms. The van der Waals surface area contributed by atoms with E-state index in [1.54, 1.807) is 0 Å². The zero-order chi connectivity index (χ0) is 10.8. The van der Waals surface area contributed by atoms with Crippen LogP contribution in [-0.2, 0) is 7.05 Å². The third-order valence-corrected chi connectivity index (χ3v) is 2.61. The minimum absolute atomic E-state index is 0.465. The molecule has 0 N–H and O–H groups in total. The van der Waals surface area contributed by atoms with E-state index >= 15 is 0 Å². The summed E-state index contributed by atoms with van der Waals surface area (Å²) in [7, 11) is 2.07. The van der Waals surface area contributed by atoms with E-state index in [-0.39, 0.29) is 0 Å². The van der Waals surface area contributed by atoms with Crippen molar-refractivity contribution < 1.29 is 0 Å². The molecule has 0 radical (unpaired) electrons. The van der Waals surface area contributed by atoms with Crippen molar-refractivity contribution in [2.24, 2.45) is 7.05 Å². The first kappa shape index (κ1) is 9.97. The highest BCUT2D eigenvalue weighted by molar-refractivity contribution is 5.59. The molecule has 2 rings (SSSR count). The predicted molar refractivity (Wildman–Crippen MR) is 62.7 cm³/mol. The quantitative estimate of drug-likeness (QED) is 0.727. The van der Waals surface area contributed by atoms with E-state index in [1.165, 1.54) is 11.3 Å². The Morgan fingerprint density at radius 2 is 1.80 bits per heavy atom. The molecular formula is C13H16N2. The molecular weight excluding hydrogens is 184 g/mol. The van der Waals surface area contributed by atoms with Gasteiger partial charge in [0, 0.05) is 13.0 Å². The van der Waals surface area contributed by atoms with Crippen LogP contribution in [0.25, 0.3) is 11.3 Å². The number of rotatable bonds is 2. The first-order chi connectivity index (χ1) is 7.20. The normalized spacial score (nSPS) is 10.9. The Bertz CT molecular complexity index is 441. The van der Waals surface area contributed by atoms with Gasteiger partial charge in [-0.25, -0.2) is 4.98 Å². The van der Waals surface area contributed by atoms with Gasteiger partial charge in [0.2, 0.25) is 0 Å². The van der Waals surface area contributed by atoms with E-state index in [9.17, 15) is 0 Å². The maximum absolute atomic E-state index is 4.45. The number of hydrogen-bond donors (Lipinski definition) is 0. The fraction of sp³-hybridized carbons (Fsp3) is 0.308. The van der Waals surface area contributed by atoms with Crippen LogP contribution < -0.4 is 0 Å². The molecule has 0 aliphatic rings. The number of imidazole rings is 1. The highest BCUT2D eigenvalue weighted by Gasteiger charge is 2.10. The molecule has 0 saturated carbocycles. The summed E-state index contributed by atoms with van der Waals surface area (Å²) in [5, 5.41) is 0. The van der Waals surface area contributed by atoms with Crippen LogP contribution in [0.1, 0.15) is 25.6 Å². The maximum atomic E-state index is 4.45. The highest BCUT2D eigenvalue weighted by Crippen LogP contribution is 2.22. The third-order valence-electron chi connectivity index (χ3n) is 2.61. The van der Waals surface area contributed by atoms with Gasteiger partial charge in [-0.1, -0.05) is 44.2 Å². The van der Waals surface area contributed by atoms with E-state index in [0.717, 1.165) is 5.82 Å². The molecule has 78 valence electrons. The highest BCUT2D eigenvalue weighted by atomic mass is 15.1. The lowest BCUT2D eigenvalue weighted by atomic mass is 10.1. The summed E-state index contributed by atoms with van der Waals surface area (Å²) < 4.78 is 2.17. The summed E-state index contributed by atoms with van der Waals surface area (Å²) in [4.78, 5) is 4.45. The Morgan fingerprint density at radius 1 is 1.13 bits per heavy atom. The molecule has 0 unspecified atom stereocenters. The van der Waals surface area contributed by atoms with Gasteiger partial charge in [0.15, 0.2) is 0 Å². The van der Waals surface area contributed by atoms with E-state index in [1.807, 2.05) is 12.3 Å². The number of aromatic nitrogens is 2. The van der Waals surface area contributed by atoms with Crippen LogP contribution in [-0.4, -0.2) is 9.55 Å². The van der Waals surface area contributed by atoms with Crippen molar-refractivity contribution in [3.63, 3.8) is 0 Å². The molecule has 0 atom stereocenters. The molecule has 15 heavy (non-hydrogen) atoms. The first-order valence-electron chi connectivity index (χ1n) is 5.27. The zero-order valence-electron chi connectivity index (χ0n) is 9.44. The molecule has 0 fully saturated rings. The second kappa shape index (κ2) is 3.89. The van der Waals surface area contributed by atoms with Gasteiger partial charge in [-0.05, 0) is 5.56 Å². The predicted octanol–water partition coefficient (Wildman–Crippen LogP) is 3.21. The van der Waals surface area contributed by atoms with Crippen LogP contribution in [0.3, 0.4) is 0 Å². The van der Waals surface area contributed by atoms with E-state index in [0.29, 0.717) is 5.92 Å². The Labute approximate surface area is 90.6 Å².